The minimum Gasteiger partial charge on any atom is -0.497 e. The minimum atomic E-state index is 0.0368. The molecular weight excluding hydrogens is 306 g/mol. The topological polar surface area (TPSA) is 56.6 Å². The van der Waals surface area contributed by atoms with Crippen LogP contribution in [-0.2, 0) is 16.1 Å². The number of carbonyl (C=O) groups is 1. The van der Waals surface area contributed by atoms with Gasteiger partial charge < -0.3 is 14.4 Å². The van der Waals surface area contributed by atoms with Crippen molar-refractivity contribution in [1.29, 1.82) is 0 Å². The van der Waals surface area contributed by atoms with Crippen LogP contribution in [0.3, 0.4) is 0 Å². The number of piperidine rings is 1. The Bertz CT molecular complexity index is 657. The van der Waals surface area contributed by atoms with E-state index in [1.54, 1.807) is 13.3 Å². The van der Waals surface area contributed by atoms with Gasteiger partial charge in [0.15, 0.2) is 0 Å². The largest absolute Gasteiger partial charge is 0.497 e. The third-order valence-electron chi connectivity index (χ3n) is 4.28. The zero-order valence-corrected chi connectivity index (χ0v) is 13.9. The first-order valence-corrected chi connectivity index (χ1v) is 8.24. The first kappa shape index (κ1) is 16.5. The molecule has 0 aliphatic carbocycles. The van der Waals surface area contributed by atoms with Crippen molar-refractivity contribution in [2.75, 3.05) is 26.8 Å². The van der Waals surface area contributed by atoms with Gasteiger partial charge in [0.1, 0.15) is 12.4 Å². The molecule has 0 spiro atoms. The molecule has 24 heavy (non-hydrogen) atoms. The number of likely N-dealkylation sites (tertiary alicyclic amines) is 1. The number of amides is 1. The molecule has 2 aromatic rings. The lowest BCUT2D eigenvalue weighted by Gasteiger charge is -2.32. The monoisotopic (exact) mass is 329 g/mol. The maximum Gasteiger partial charge on any atom is 0.248 e. The lowest BCUT2D eigenvalue weighted by molar-refractivity contribution is -0.138. The highest BCUT2D eigenvalue weighted by molar-refractivity contribution is 5.77. The van der Waals surface area contributed by atoms with E-state index >= 15 is 0 Å². The molecule has 1 aliphatic rings. The van der Waals surface area contributed by atoms with E-state index in [-0.39, 0.29) is 18.6 Å². The lowest BCUT2D eigenvalue weighted by atomic mass is 10.1. The Morgan fingerprint density at radius 1 is 1.38 bits per heavy atom. The molecule has 0 saturated carbocycles. The van der Waals surface area contributed by atoms with E-state index in [1.807, 2.05) is 46.1 Å². The van der Waals surface area contributed by atoms with Gasteiger partial charge >= 0.3 is 0 Å². The Balaban J connectivity index is 1.47. The summed E-state index contributed by atoms with van der Waals surface area (Å²) in [6.07, 6.45) is 5.78. The SMILES string of the molecule is COc1cccc(COCC(=O)N2CCCC(n3cccn3)C2)c1. The zero-order valence-electron chi connectivity index (χ0n) is 13.9. The molecule has 3 rings (SSSR count). The van der Waals surface area contributed by atoms with E-state index in [4.69, 9.17) is 9.47 Å². The molecular formula is C18H23N3O3. The standard InChI is InChI=1S/C18H23N3O3/c1-23-17-7-2-5-15(11-17)13-24-14-18(22)20-9-3-6-16(12-20)21-10-4-8-19-21/h2,4-5,7-8,10-11,16H,3,6,9,12-14H2,1H3. The van der Waals surface area contributed by atoms with Crippen molar-refractivity contribution in [3.63, 3.8) is 0 Å². The van der Waals surface area contributed by atoms with Crippen LogP contribution < -0.4 is 4.74 Å². The van der Waals surface area contributed by atoms with Crippen molar-refractivity contribution in [3.8, 4) is 5.75 Å². The molecule has 2 heterocycles. The predicted molar refractivity (Wildman–Crippen MR) is 89.7 cm³/mol. The Morgan fingerprint density at radius 3 is 3.08 bits per heavy atom. The number of benzene rings is 1. The molecule has 6 heteroatoms. The number of nitrogens with zero attached hydrogens (tertiary/aromatic N) is 3. The average molecular weight is 329 g/mol. The van der Waals surface area contributed by atoms with Crippen LogP contribution in [0.2, 0.25) is 0 Å². The number of hydrogen-bond acceptors (Lipinski definition) is 4. The summed E-state index contributed by atoms with van der Waals surface area (Å²) in [6, 6.07) is 9.85. The molecule has 1 aliphatic heterocycles. The summed E-state index contributed by atoms with van der Waals surface area (Å²) in [5.41, 5.74) is 0.996. The van der Waals surface area contributed by atoms with Crippen LogP contribution in [0.4, 0.5) is 0 Å². The second kappa shape index (κ2) is 7.97. The van der Waals surface area contributed by atoms with E-state index < -0.39 is 0 Å². The predicted octanol–water partition coefficient (Wildman–Crippen LogP) is 2.27. The molecule has 1 unspecified atom stereocenters. The van der Waals surface area contributed by atoms with E-state index in [2.05, 4.69) is 5.10 Å². The molecule has 0 bridgehead atoms. The maximum atomic E-state index is 12.4. The molecule has 1 aromatic carbocycles. The molecule has 6 nitrogen and oxygen atoms in total. The second-order valence-electron chi connectivity index (χ2n) is 5.97. The Kier molecular flexibility index (Phi) is 5.48. The van der Waals surface area contributed by atoms with Gasteiger partial charge in [-0.15, -0.1) is 0 Å². The van der Waals surface area contributed by atoms with Gasteiger partial charge in [0, 0.05) is 25.5 Å². The first-order chi connectivity index (χ1) is 11.8. The third kappa shape index (κ3) is 4.14. The van der Waals surface area contributed by atoms with Crippen LogP contribution in [0.1, 0.15) is 24.4 Å². The smallest absolute Gasteiger partial charge is 0.248 e. The first-order valence-electron chi connectivity index (χ1n) is 8.24. The molecule has 1 atom stereocenters. The highest BCUT2D eigenvalue weighted by Crippen LogP contribution is 2.20. The van der Waals surface area contributed by atoms with Crippen LogP contribution in [-0.4, -0.2) is 47.4 Å². The summed E-state index contributed by atoms with van der Waals surface area (Å²) in [7, 11) is 1.63. The van der Waals surface area contributed by atoms with Crippen molar-refractivity contribution in [3.05, 3.63) is 48.3 Å². The van der Waals surface area contributed by atoms with Crippen LogP contribution in [0.15, 0.2) is 42.7 Å². The van der Waals surface area contributed by atoms with Gasteiger partial charge in [-0.2, -0.15) is 5.10 Å². The summed E-state index contributed by atoms with van der Waals surface area (Å²) in [6.45, 7) is 1.99. The van der Waals surface area contributed by atoms with E-state index in [1.165, 1.54) is 0 Å². The molecule has 1 amide bonds. The van der Waals surface area contributed by atoms with Crippen LogP contribution in [0, 0.1) is 0 Å². The normalized spacial score (nSPS) is 17.7. The number of carbonyl (C=O) groups excluding carboxylic acids is 1. The fraction of sp³-hybridized carbons (Fsp3) is 0.444. The average Bonchev–Trinajstić information content (AvgIpc) is 3.17. The molecule has 0 N–H and O–H groups in total. The summed E-state index contributed by atoms with van der Waals surface area (Å²) in [5.74, 6) is 0.829. The highest BCUT2D eigenvalue weighted by atomic mass is 16.5. The summed E-state index contributed by atoms with van der Waals surface area (Å²) in [5, 5.41) is 4.29. The molecule has 1 fully saturated rings. The number of ether oxygens (including phenoxy) is 2. The molecule has 0 radical (unpaired) electrons. The fourth-order valence-corrected chi connectivity index (χ4v) is 3.00. The number of methoxy groups -OCH3 is 1. The Hall–Kier alpha value is -2.34. The number of aromatic nitrogens is 2. The van der Waals surface area contributed by atoms with Crippen molar-refractivity contribution in [2.24, 2.45) is 0 Å². The number of rotatable bonds is 6. The molecule has 1 saturated heterocycles. The fourth-order valence-electron chi connectivity index (χ4n) is 3.00. The highest BCUT2D eigenvalue weighted by Gasteiger charge is 2.24. The van der Waals surface area contributed by atoms with Crippen LogP contribution in [0.5, 0.6) is 5.75 Å². The van der Waals surface area contributed by atoms with Crippen LogP contribution in [0.25, 0.3) is 0 Å². The van der Waals surface area contributed by atoms with Crippen molar-refractivity contribution in [2.45, 2.75) is 25.5 Å². The summed E-state index contributed by atoms with van der Waals surface area (Å²) >= 11 is 0. The third-order valence-corrected chi connectivity index (χ3v) is 4.28. The maximum absolute atomic E-state index is 12.4. The van der Waals surface area contributed by atoms with E-state index in [0.717, 1.165) is 30.7 Å². The van der Waals surface area contributed by atoms with Gasteiger partial charge in [-0.1, -0.05) is 12.1 Å². The molecule has 1 aromatic heterocycles. The van der Waals surface area contributed by atoms with Crippen molar-refractivity contribution >= 4 is 5.91 Å². The Labute approximate surface area is 142 Å². The van der Waals surface area contributed by atoms with Crippen molar-refractivity contribution in [1.82, 2.24) is 14.7 Å². The summed E-state index contributed by atoms with van der Waals surface area (Å²) in [4.78, 5) is 14.2. The molecule has 128 valence electrons. The quantitative estimate of drug-likeness (QED) is 0.816. The number of hydrogen-bond donors (Lipinski definition) is 0. The van der Waals surface area contributed by atoms with Gasteiger partial charge in [0.2, 0.25) is 5.91 Å². The van der Waals surface area contributed by atoms with Crippen molar-refractivity contribution < 1.29 is 14.3 Å². The Morgan fingerprint density at radius 2 is 2.29 bits per heavy atom. The zero-order chi connectivity index (χ0) is 16.8. The second-order valence-corrected chi connectivity index (χ2v) is 5.97. The van der Waals surface area contributed by atoms with Gasteiger partial charge in [-0.25, -0.2) is 0 Å². The van der Waals surface area contributed by atoms with Crippen LogP contribution >= 0.6 is 0 Å². The minimum absolute atomic E-state index is 0.0368. The van der Waals surface area contributed by atoms with Gasteiger partial charge in [0.25, 0.3) is 0 Å². The summed E-state index contributed by atoms with van der Waals surface area (Å²) < 4.78 is 12.7. The van der Waals surface area contributed by atoms with E-state index in [9.17, 15) is 4.79 Å². The lowest BCUT2D eigenvalue weighted by Crippen LogP contribution is -2.42. The van der Waals surface area contributed by atoms with Gasteiger partial charge in [0.05, 0.1) is 19.8 Å². The van der Waals surface area contributed by atoms with Gasteiger partial charge in [-0.3, -0.25) is 9.48 Å². The van der Waals surface area contributed by atoms with E-state index in [0.29, 0.717) is 13.2 Å². The van der Waals surface area contributed by atoms with Gasteiger partial charge in [-0.05, 0) is 36.6 Å².